The summed E-state index contributed by atoms with van der Waals surface area (Å²) in [6.45, 7) is 10.4. The Hall–Kier alpha value is -2.05. The molecule has 0 saturated carbocycles. The zero-order valence-electron chi connectivity index (χ0n) is 17.9. The van der Waals surface area contributed by atoms with E-state index in [1.807, 2.05) is 36.9 Å². The molecule has 2 aromatic rings. The molecule has 6 nitrogen and oxygen atoms in total. The van der Waals surface area contributed by atoms with Gasteiger partial charge in [0.15, 0.2) is 0 Å². The van der Waals surface area contributed by atoms with Crippen molar-refractivity contribution in [3.05, 3.63) is 46.7 Å². The second kappa shape index (κ2) is 6.72. The number of carbonyl (C=O) groups excluding carboxylic acids is 1. The van der Waals surface area contributed by atoms with Crippen LogP contribution in [-0.2, 0) is 4.74 Å². The first-order chi connectivity index (χ1) is 14.2. The number of hydrogen-bond donors (Lipinski definition) is 0. The summed E-state index contributed by atoms with van der Waals surface area (Å²) in [5.41, 5.74) is 1.32. The summed E-state index contributed by atoms with van der Waals surface area (Å²) in [6, 6.07) is 7.72. The maximum absolute atomic E-state index is 13.0. The van der Waals surface area contributed by atoms with E-state index in [2.05, 4.69) is 18.9 Å². The summed E-state index contributed by atoms with van der Waals surface area (Å²) in [4.78, 5) is 15.0. The van der Waals surface area contributed by atoms with Gasteiger partial charge >= 0.3 is 0 Å². The first kappa shape index (κ1) is 19.9. The third kappa shape index (κ3) is 3.04. The summed E-state index contributed by atoms with van der Waals surface area (Å²) in [6.07, 6.45) is 2.63. The Morgan fingerprint density at radius 3 is 2.77 bits per heavy atom. The summed E-state index contributed by atoms with van der Waals surface area (Å²) < 4.78 is 14.6. The van der Waals surface area contributed by atoms with Gasteiger partial charge in [-0.2, -0.15) is 5.10 Å². The van der Waals surface area contributed by atoms with Crippen LogP contribution in [0.4, 0.5) is 0 Å². The van der Waals surface area contributed by atoms with E-state index in [0.29, 0.717) is 30.4 Å². The van der Waals surface area contributed by atoms with Gasteiger partial charge in [-0.25, -0.2) is 0 Å². The lowest BCUT2D eigenvalue weighted by atomic mass is 9.64. The molecular formula is C23H28ClN3O3. The summed E-state index contributed by atoms with van der Waals surface area (Å²) >= 11 is 6.25. The lowest BCUT2D eigenvalue weighted by Gasteiger charge is -2.58. The Balaban J connectivity index is 1.34. The monoisotopic (exact) mass is 429 g/mol. The molecule has 30 heavy (non-hydrogen) atoms. The van der Waals surface area contributed by atoms with E-state index >= 15 is 0 Å². The van der Waals surface area contributed by atoms with Crippen molar-refractivity contribution in [3.63, 3.8) is 0 Å². The second-order valence-electron chi connectivity index (χ2n) is 9.85. The minimum atomic E-state index is -0.348. The maximum Gasteiger partial charge on any atom is 0.272 e. The molecule has 2 atom stereocenters. The van der Waals surface area contributed by atoms with Gasteiger partial charge in [0.2, 0.25) is 0 Å². The summed E-state index contributed by atoms with van der Waals surface area (Å²) in [7, 11) is 0. The van der Waals surface area contributed by atoms with E-state index in [4.69, 9.17) is 21.1 Å². The topological polar surface area (TPSA) is 56.6 Å². The fourth-order valence-corrected chi connectivity index (χ4v) is 5.49. The number of nitrogens with zero attached hydrogens (tertiary/aromatic N) is 3. The quantitative estimate of drug-likeness (QED) is 0.704. The van der Waals surface area contributed by atoms with Crippen molar-refractivity contribution in [1.29, 1.82) is 0 Å². The van der Waals surface area contributed by atoms with Crippen molar-refractivity contribution in [3.8, 4) is 5.75 Å². The summed E-state index contributed by atoms with van der Waals surface area (Å²) in [5, 5.41) is 5.00. The number of halogens is 1. The Kier molecular flexibility index (Phi) is 4.46. The van der Waals surface area contributed by atoms with Crippen LogP contribution in [0.1, 0.15) is 62.3 Å². The lowest BCUT2D eigenvalue weighted by molar-refractivity contribution is -0.191. The standard InChI is InChI=1S/C23H28ClN3O3/c1-14(2)27-18(7-8-25-27)21(28)26-11-23(12-26)10-17-20(29-13-23)16-9-15(24)5-6-19(16)30-22(17,3)4/h5-9,14,17,20H,10-13H2,1-4H3/t17-,20+/m0/s1. The highest BCUT2D eigenvalue weighted by atomic mass is 35.5. The maximum atomic E-state index is 13.0. The zero-order valence-corrected chi connectivity index (χ0v) is 18.6. The SMILES string of the molecule is CC(C)n1nccc1C(=O)N1CC2(CO[C@@H]3c4cc(Cl)ccc4OC(C)(C)[C@H]3C2)C1. The molecule has 1 amide bonds. The highest BCUT2D eigenvalue weighted by Gasteiger charge is 2.56. The molecule has 2 saturated heterocycles. The Labute approximate surface area is 182 Å². The fraction of sp³-hybridized carbons (Fsp3) is 0.565. The van der Waals surface area contributed by atoms with E-state index in [-0.39, 0.29) is 35.0 Å². The molecule has 1 aromatic heterocycles. The number of carbonyl (C=O) groups is 1. The normalized spacial score (nSPS) is 26.0. The van der Waals surface area contributed by atoms with Crippen LogP contribution in [0.25, 0.3) is 0 Å². The van der Waals surface area contributed by atoms with Crippen LogP contribution in [0.15, 0.2) is 30.5 Å². The molecular weight excluding hydrogens is 402 g/mol. The van der Waals surface area contributed by atoms with Crippen LogP contribution in [0, 0.1) is 11.3 Å². The first-order valence-corrected chi connectivity index (χ1v) is 11.0. The average molecular weight is 430 g/mol. The van der Waals surface area contributed by atoms with Gasteiger partial charge in [0.25, 0.3) is 5.91 Å². The van der Waals surface area contributed by atoms with Gasteiger partial charge in [-0.1, -0.05) is 11.6 Å². The number of likely N-dealkylation sites (tertiary alicyclic amines) is 1. The number of benzene rings is 1. The number of fused-ring (bicyclic) bond motifs is 3. The van der Waals surface area contributed by atoms with Gasteiger partial charge in [0.1, 0.15) is 17.0 Å². The fourth-order valence-electron chi connectivity index (χ4n) is 5.31. The number of aromatic nitrogens is 2. The van der Waals surface area contributed by atoms with Crippen molar-refractivity contribution >= 4 is 17.5 Å². The number of amides is 1. The lowest BCUT2D eigenvalue weighted by Crippen LogP contribution is -2.65. The van der Waals surface area contributed by atoms with Crippen LogP contribution in [-0.4, -0.2) is 45.9 Å². The van der Waals surface area contributed by atoms with Crippen LogP contribution in [0.3, 0.4) is 0 Å². The second-order valence-corrected chi connectivity index (χ2v) is 10.3. The van der Waals surface area contributed by atoms with E-state index < -0.39 is 0 Å². The Morgan fingerprint density at radius 1 is 1.27 bits per heavy atom. The predicted octanol–water partition coefficient (Wildman–Crippen LogP) is 4.51. The summed E-state index contributed by atoms with van der Waals surface area (Å²) in [5.74, 6) is 1.11. The van der Waals surface area contributed by atoms with E-state index in [0.717, 1.165) is 17.7 Å². The molecule has 0 unspecified atom stereocenters. The van der Waals surface area contributed by atoms with Crippen LogP contribution < -0.4 is 4.74 Å². The van der Waals surface area contributed by atoms with Gasteiger partial charge in [0, 0.05) is 47.2 Å². The largest absolute Gasteiger partial charge is 0.487 e. The van der Waals surface area contributed by atoms with Crippen molar-refractivity contribution in [1.82, 2.24) is 14.7 Å². The van der Waals surface area contributed by atoms with E-state index in [9.17, 15) is 4.79 Å². The Bertz CT molecular complexity index is 993. The van der Waals surface area contributed by atoms with Gasteiger partial charge in [-0.3, -0.25) is 9.48 Å². The van der Waals surface area contributed by atoms with Crippen molar-refractivity contribution in [2.45, 2.75) is 51.9 Å². The highest BCUT2D eigenvalue weighted by molar-refractivity contribution is 6.30. The Morgan fingerprint density at radius 2 is 2.03 bits per heavy atom. The van der Waals surface area contributed by atoms with Crippen LogP contribution in [0.5, 0.6) is 5.75 Å². The van der Waals surface area contributed by atoms with Crippen LogP contribution >= 0.6 is 11.6 Å². The van der Waals surface area contributed by atoms with Crippen molar-refractivity contribution in [2.24, 2.45) is 11.3 Å². The molecule has 5 rings (SSSR count). The van der Waals surface area contributed by atoms with Crippen LogP contribution in [0.2, 0.25) is 5.02 Å². The molecule has 1 spiro atoms. The zero-order chi connectivity index (χ0) is 21.3. The molecule has 0 aliphatic carbocycles. The molecule has 4 heterocycles. The van der Waals surface area contributed by atoms with E-state index in [1.54, 1.807) is 16.9 Å². The molecule has 0 bridgehead atoms. The molecule has 3 aliphatic heterocycles. The number of rotatable bonds is 2. The minimum Gasteiger partial charge on any atom is -0.487 e. The number of hydrogen-bond acceptors (Lipinski definition) is 4. The molecule has 160 valence electrons. The third-order valence-corrected chi connectivity index (χ3v) is 7.09. The van der Waals surface area contributed by atoms with E-state index in [1.165, 1.54) is 0 Å². The van der Waals surface area contributed by atoms with Gasteiger partial charge in [-0.05, 0) is 58.4 Å². The van der Waals surface area contributed by atoms with Crippen molar-refractivity contribution < 1.29 is 14.3 Å². The number of ether oxygens (including phenoxy) is 2. The highest BCUT2D eigenvalue weighted by Crippen LogP contribution is 2.55. The minimum absolute atomic E-state index is 0.0176. The molecule has 7 heteroatoms. The molecule has 2 fully saturated rings. The first-order valence-electron chi connectivity index (χ1n) is 10.6. The van der Waals surface area contributed by atoms with Gasteiger partial charge < -0.3 is 14.4 Å². The van der Waals surface area contributed by atoms with Gasteiger partial charge in [-0.15, -0.1) is 0 Å². The molecule has 3 aliphatic rings. The molecule has 1 aromatic carbocycles. The van der Waals surface area contributed by atoms with Gasteiger partial charge in [0.05, 0.1) is 12.7 Å². The third-order valence-electron chi connectivity index (χ3n) is 6.85. The smallest absolute Gasteiger partial charge is 0.272 e. The predicted molar refractivity (Wildman–Crippen MR) is 114 cm³/mol. The average Bonchev–Trinajstić information content (AvgIpc) is 3.16. The molecule has 0 N–H and O–H groups in total. The van der Waals surface area contributed by atoms with Crippen molar-refractivity contribution in [2.75, 3.05) is 19.7 Å². The molecule has 0 radical (unpaired) electrons.